The molecule has 17 heavy (non-hydrogen) atoms. The molecule has 0 unspecified atom stereocenters. The fourth-order valence-corrected chi connectivity index (χ4v) is 1.06. The Labute approximate surface area is 98.2 Å². The SMILES string of the molecule is CC(C)c1cc(NC(=O)NCCC(=O)O)no1. The van der Waals surface area contributed by atoms with Crippen LogP contribution in [0.25, 0.3) is 0 Å². The Morgan fingerprint density at radius 2 is 2.24 bits per heavy atom. The third-order valence-electron chi connectivity index (χ3n) is 1.96. The molecule has 0 radical (unpaired) electrons. The second kappa shape index (κ2) is 5.88. The van der Waals surface area contributed by atoms with Gasteiger partial charge in [-0.2, -0.15) is 0 Å². The first-order valence-electron chi connectivity index (χ1n) is 5.22. The Hall–Kier alpha value is -2.05. The summed E-state index contributed by atoms with van der Waals surface area (Å²) >= 11 is 0. The van der Waals surface area contributed by atoms with E-state index in [1.165, 1.54) is 0 Å². The van der Waals surface area contributed by atoms with Crippen molar-refractivity contribution in [3.8, 4) is 0 Å². The summed E-state index contributed by atoms with van der Waals surface area (Å²) in [7, 11) is 0. The predicted octanol–water partition coefficient (Wildman–Crippen LogP) is 1.39. The van der Waals surface area contributed by atoms with Crippen LogP contribution in [0.4, 0.5) is 10.6 Å². The molecule has 0 fully saturated rings. The van der Waals surface area contributed by atoms with Crippen LogP contribution in [-0.4, -0.2) is 28.8 Å². The van der Waals surface area contributed by atoms with E-state index >= 15 is 0 Å². The average Bonchev–Trinajstić information content (AvgIpc) is 2.65. The summed E-state index contributed by atoms with van der Waals surface area (Å²) in [5, 5.41) is 16.9. The third-order valence-corrected chi connectivity index (χ3v) is 1.96. The second-order valence-corrected chi connectivity index (χ2v) is 3.79. The molecule has 7 heteroatoms. The fraction of sp³-hybridized carbons (Fsp3) is 0.500. The number of carbonyl (C=O) groups is 2. The van der Waals surface area contributed by atoms with Gasteiger partial charge in [-0.15, -0.1) is 0 Å². The number of amides is 2. The Kier molecular flexibility index (Phi) is 4.50. The fourth-order valence-electron chi connectivity index (χ4n) is 1.06. The zero-order chi connectivity index (χ0) is 12.8. The largest absolute Gasteiger partial charge is 0.481 e. The summed E-state index contributed by atoms with van der Waals surface area (Å²) in [6.45, 7) is 3.95. The van der Waals surface area contributed by atoms with Crippen molar-refractivity contribution < 1.29 is 19.2 Å². The molecule has 2 amide bonds. The summed E-state index contributed by atoms with van der Waals surface area (Å²) in [4.78, 5) is 21.5. The molecule has 0 aromatic carbocycles. The first-order chi connectivity index (χ1) is 7.99. The Bertz CT molecular complexity index is 400. The zero-order valence-electron chi connectivity index (χ0n) is 9.69. The minimum absolute atomic E-state index is 0.0655. The third kappa shape index (κ3) is 4.54. The molecular weight excluding hydrogens is 226 g/mol. The van der Waals surface area contributed by atoms with Gasteiger partial charge in [-0.05, 0) is 0 Å². The van der Waals surface area contributed by atoms with Gasteiger partial charge >= 0.3 is 12.0 Å². The number of carbonyl (C=O) groups excluding carboxylic acids is 1. The molecule has 0 atom stereocenters. The highest BCUT2D eigenvalue weighted by molar-refractivity contribution is 5.88. The Morgan fingerprint density at radius 3 is 2.76 bits per heavy atom. The smallest absolute Gasteiger partial charge is 0.320 e. The highest BCUT2D eigenvalue weighted by Gasteiger charge is 2.10. The van der Waals surface area contributed by atoms with E-state index < -0.39 is 12.0 Å². The first kappa shape index (κ1) is 13.0. The van der Waals surface area contributed by atoms with Crippen molar-refractivity contribution in [1.82, 2.24) is 10.5 Å². The van der Waals surface area contributed by atoms with Crippen LogP contribution in [-0.2, 0) is 4.79 Å². The van der Waals surface area contributed by atoms with E-state index in [9.17, 15) is 9.59 Å². The van der Waals surface area contributed by atoms with Gasteiger partial charge in [-0.25, -0.2) is 4.79 Å². The molecule has 94 valence electrons. The molecule has 0 aliphatic heterocycles. The molecule has 1 rings (SSSR count). The zero-order valence-corrected chi connectivity index (χ0v) is 9.69. The number of hydrogen-bond acceptors (Lipinski definition) is 4. The number of carboxylic acids is 1. The molecule has 1 aromatic heterocycles. The van der Waals surface area contributed by atoms with Gasteiger partial charge in [0.15, 0.2) is 5.82 Å². The average molecular weight is 241 g/mol. The van der Waals surface area contributed by atoms with Crippen LogP contribution in [0.3, 0.4) is 0 Å². The van der Waals surface area contributed by atoms with Crippen molar-refractivity contribution >= 4 is 17.8 Å². The Morgan fingerprint density at radius 1 is 1.53 bits per heavy atom. The van der Waals surface area contributed by atoms with Crippen LogP contribution in [0.1, 0.15) is 31.9 Å². The molecule has 7 nitrogen and oxygen atoms in total. The number of nitrogens with one attached hydrogen (secondary N) is 2. The van der Waals surface area contributed by atoms with Gasteiger partial charge in [-0.3, -0.25) is 10.1 Å². The Balaban J connectivity index is 2.37. The van der Waals surface area contributed by atoms with Crippen molar-refractivity contribution in [3.05, 3.63) is 11.8 Å². The second-order valence-electron chi connectivity index (χ2n) is 3.79. The monoisotopic (exact) mass is 241 g/mol. The van der Waals surface area contributed by atoms with Crippen molar-refractivity contribution in [2.45, 2.75) is 26.2 Å². The van der Waals surface area contributed by atoms with Crippen LogP contribution in [0.5, 0.6) is 0 Å². The van der Waals surface area contributed by atoms with E-state index in [-0.39, 0.29) is 18.9 Å². The van der Waals surface area contributed by atoms with Crippen LogP contribution < -0.4 is 10.6 Å². The lowest BCUT2D eigenvalue weighted by atomic mass is 10.2. The number of carboxylic acid groups (broad SMARTS) is 1. The standard InChI is InChI=1S/C10H15N3O4/c1-6(2)7-5-8(13-17-7)12-10(16)11-4-3-9(14)15/h5-6H,3-4H2,1-2H3,(H,14,15)(H2,11,12,13,16). The normalized spacial score (nSPS) is 10.3. The number of urea groups is 1. The number of anilines is 1. The molecule has 0 aliphatic rings. The van der Waals surface area contributed by atoms with Gasteiger partial charge in [0.2, 0.25) is 0 Å². The number of hydrogen-bond donors (Lipinski definition) is 3. The molecular formula is C10H15N3O4. The molecule has 0 saturated heterocycles. The molecule has 3 N–H and O–H groups in total. The maximum atomic E-state index is 11.3. The molecule has 0 saturated carbocycles. The minimum atomic E-state index is -0.964. The molecule has 0 spiro atoms. The van der Waals surface area contributed by atoms with Crippen molar-refractivity contribution in [2.24, 2.45) is 0 Å². The van der Waals surface area contributed by atoms with E-state index in [0.29, 0.717) is 11.6 Å². The van der Waals surface area contributed by atoms with E-state index in [2.05, 4.69) is 15.8 Å². The first-order valence-corrected chi connectivity index (χ1v) is 5.22. The van der Waals surface area contributed by atoms with E-state index in [1.54, 1.807) is 6.07 Å². The maximum Gasteiger partial charge on any atom is 0.320 e. The van der Waals surface area contributed by atoms with Gasteiger partial charge in [0, 0.05) is 18.5 Å². The molecule has 0 bridgehead atoms. The highest BCUT2D eigenvalue weighted by Crippen LogP contribution is 2.17. The van der Waals surface area contributed by atoms with Gasteiger partial charge < -0.3 is 14.9 Å². The van der Waals surface area contributed by atoms with E-state index in [4.69, 9.17) is 9.63 Å². The summed E-state index contributed by atoms with van der Waals surface area (Å²) in [5.74, 6) is 0.203. The summed E-state index contributed by atoms with van der Waals surface area (Å²) < 4.78 is 4.98. The summed E-state index contributed by atoms with van der Waals surface area (Å²) in [6.07, 6.45) is -0.122. The number of rotatable bonds is 5. The van der Waals surface area contributed by atoms with Crippen molar-refractivity contribution in [2.75, 3.05) is 11.9 Å². The van der Waals surface area contributed by atoms with Crippen LogP contribution >= 0.6 is 0 Å². The lowest BCUT2D eigenvalue weighted by molar-refractivity contribution is -0.136. The summed E-state index contributed by atoms with van der Waals surface area (Å²) in [6, 6.07) is 1.12. The van der Waals surface area contributed by atoms with Gasteiger partial charge in [0.05, 0.1) is 6.42 Å². The lowest BCUT2D eigenvalue weighted by Gasteiger charge is -2.02. The molecule has 0 aliphatic carbocycles. The topological polar surface area (TPSA) is 104 Å². The maximum absolute atomic E-state index is 11.3. The van der Waals surface area contributed by atoms with Crippen LogP contribution in [0.15, 0.2) is 10.6 Å². The van der Waals surface area contributed by atoms with Gasteiger partial charge in [-0.1, -0.05) is 19.0 Å². The number of aromatic nitrogens is 1. The van der Waals surface area contributed by atoms with Gasteiger partial charge in [0.25, 0.3) is 0 Å². The number of aliphatic carboxylic acids is 1. The lowest BCUT2D eigenvalue weighted by Crippen LogP contribution is -2.30. The predicted molar refractivity (Wildman–Crippen MR) is 59.9 cm³/mol. The van der Waals surface area contributed by atoms with Crippen LogP contribution in [0.2, 0.25) is 0 Å². The van der Waals surface area contributed by atoms with E-state index in [1.807, 2.05) is 13.8 Å². The van der Waals surface area contributed by atoms with Crippen molar-refractivity contribution in [3.63, 3.8) is 0 Å². The van der Waals surface area contributed by atoms with Gasteiger partial charge in [0.1, 0.15) is 5.76 Å². The summed E-state index contributed by atoms with van der Waals surface area (Å²) in [5.41, 5.74) is 0. The minimum Gasteiger partial charge on any atom is -0.481 e. The molecule has 1 aromatic rings. The molecule has 1 heterocycles. The number of nitrogens with zero attached hydrogens (tertiary/aromatic N) is 1. The van der Waals surface area contributed by atoms with Crippen LogP contribution in [0, 0.1) is 0 Å². The van der Waals surface area contributed by atoms with Crippen molar-refractivity contribution in [1.29, 1.82) is 0 Å². The van der Waals surface area contributed by atoms with E-state index in [0.717, 1.165) is 0 Å². The highest BCUT2D eigenvalue weighted by atomic mass is 16.5. The quantitative estimate of drug-likeness (QED) is 0.722.